The van der Waals surface area contributed by atoms with Crippen LogP contribution in [0.5, 0.6) is 0 Å². The van der Waals surface area contributed by atoms with Crippen molar-refractivity contribution in [2.24, 2.45) is 0 Å². The Bertz CT molecular complexity index is 504. The second-order valence-electron chi connectivity index (χ2n) is 4.45. The number of nitrogens with one attached hydrogen (secondary N) is 1. The molecule has 0 aliphatic carbocycles. The molecule has 0 heterocycles. The lowest BCUT2D eigenvalue weighted by molar-refractivity contribution is 0.233. The number of sulfonamides is 1. The van der Waals surface area contributed by atoms with Crippen LogP contribution in [-0.2, 0) is 10.0 Å². The molecule has 0 aliphatic rings. The summed E-state index contributed by atoms with van der Waals surface area (Å²) < 4.78 is 27.8. The minimum atomic E-state index is -3.57. The molecule has 2 N–H and O–H groups in total. The molecule has 1 rings (SSSR count). The van der Waals surface area contributed by atoms with Gasteiger partial charge < -0.3 is 5.11 Å². The molecule has 4 nitrogen and oxygen atoms in total. The highest BCUT2D eigenvalue weighted by Crippen LogP contribution is 2.21. The summed E-state index contributed by atoms with van der Waals surface area (Å²) >= 11 is 3.25. The molecule has 0 bridgehead atoms. The van der Waals surface area contributed by atoms with Crippen molar-refractivity contribution >= 4 is 26.0 Å². The van der Waals surface area contributed by atoms with Crippen LogP contribution < -0.4 is 4.72 Å². The van der Waals surface area contributed by atoms with Crippen LogP contribution in [0, 0.1) is 0 Å². The van der Waals surface area contributed by atoms with E-state index in [0.29, 0.717) is 17.3 Å². The quantitative estimate of drug-likeness (QED) is 0.838. The summed E-state index contributed by atoms with van der Waals surface area (Å²) in [5, 5.41) is 9.00. The van der Waals surface area contributed by atoms with Gasteiger partial charge in [0.25, 0.3) is 0 Å². The van der Waals surface area contributed by atoms with Gasteiger partial charge in [-0.3, -0.25) is 0 Å². The smallest absolute Gasteiger partial charge is 0.241 e. The van der Waals surface area contributed by atoms with Crippen molar-refractivity contribution in [1.29, 1.82) is 0 Å². The van der Waals surface area contributed by atoms with E-state index < -0.39 is 15.6 Å². The molecular weight excluding hydrogens is 318 g/mol. The first-order valence-corrected chi connectivity index (χ1v) is 8.01. The average molecular weight is 336 g/mol. The Hall–Kier alpha value is -0.430. The summed E-state index contributed by atoms with van der Waals surface area (Å²) in [7, 11) is -3.57. The van der Waals surface area contributed by atoms with Gasteiger partial charge >= 0.3 is 0 Å². The van der Waals surface area contributed by atoms with Crippen molar-refractivity contribution in [3.8, 4) is 0 Å². The van der Waals surface area contributed by atoms with E-state index in [1.54, 1.807) is 31.2 Å². The van der Waals surface area contributed by atoms with Crippen molar-refractivity contribution in [3.05, 3.63) is 28.7 Å². The summed E-state index contributed by atoms with van der Waals surface area (Å²) in [6.45, 7) is 3.63. The largest absolute Gasteiger partial charge is 0.396 e. The normalized spacial score (nSPS) is 15.3. The van der Waals surface area contributed by atoms with Gasteiger partial charge in [-0.1, -0.05) is 28.9 Å². The highest BCUT2D eigenvalue weighted by molar-refractivity contribution is 9.10. The highest BCUT2D eigenvalue weighted by Gasteiger charge is 2.28. The van der Waals surface area contributed by atoms with Gasteiger partial charge in [0.2, 0.25) is 10.0 Å². The van der Waals surface area contributed by atoms with E-state index in [1.807, 2.05) is 6.92 Å². The van der Waals surface area contributed by atoms with Gasteiger partial charge in [0.15, 0.2) is 0 Å². The van der Waals surface area contributed by atoms with E-state index in [2.05, 4.69) is 20.7 Å². The van der Waals surface area contributed by atoms with E-state index in [9.17, 15) is 8.42 Å². The summed E-state index contributed by atoms with van der Waals surface area (Å²) in [5.74, 6) is 0. The third kappa shape index (κ3) is 4.05. The minimum absolute atomic E-state index is 0.0503. The van der Waals surface area contributed by atoms with Gasteiger partial charge in [-0.2, -0.15) is 0 Å². The molecule has 0 amide bonds. The van der Waals surface area contributed by atoms with Crippen LogP contribution in [0.1, 0.15) is 26.7 Å². The van der Waals surface area contributed by atoms with Crippen molar-refractivity contribution in [1.82, 2.24) is 4.72 Å². The molecule has 18 heavy (non-hydrogen) atoms. The Morgan fingerprint density at radius 2 is 2.11 bits per heavy atom. The first-order valence-electron chi connectivity index (χ1n) is 5.73. The molecule has 0 aliphatic heterocycles. The predicted molar refractivity (Wildman–Crippen MR) is 74.9 cm³/mol. The second kappa shape index (κ2) is 6.14. The summed E-state index contributed by atoms with van der Waals surface area (Å²) in [6, 6.07) is 6.54. The molecule has 0 radical (unpaired) electrons. The number of aliphatic hydroxyl groups is 1. The zero-order valence-corrected chi connectivity index (χ0v) is 12.9. The molecular formula is C12H18BrNO3S. The number of hydrogen-bond acceptors (Lipinski definition) is 3. The Morgan fingerprint density at radius 3 is 2.61 bits per heavy atom. The fourth-order valence-corrected chi connectivity index (χ4v) is 3.67. The third-order valence-electron chi connectivity index (χ3n) is 2.93. The van der Waals surface area contributed by atoms with Crippen LogP contribution in [0.15, 0.2) is 33.6 Å². The number of hydrogen-bond donors (Lipinski definition) is 2. The SMILES string of the molecule is CCC(C)(CCO)NS(=O)(=O)c1cccc(Br)c1. The van der Waals surface area contributed by atoms with Crippen LogP contribution >= 0.6 is 15.9 Å². The lowest BCUT2D eigenvalue weighted by Gasteiger charge is -2.28. The lowest BCUT2D eigenvalue weighted by Crippen LogP contribution is -2.46. The molecule has 1 aromatic rings. The zero-order chi connectivity index (χ0) is 13.8. The first kappa shape index (κ1) is 15.6. The van der Waals surface area contributed by atoms with Gasteiger partial charge in [0, 0.05) is 16.6 Å². The average Bonchev–Trinajstić information content (AvgIpc) is 2.28. The maximum absolute atomic E-state index is 12.2. The van der Waals surface area contributed by atoms with Gasteiger partial charge in [0.1, 0.15) is 0 Å². The Kier molecular flexibility index (Phi) is 5.33. The molecule has 0 saturated carbocycles. The third-order valence-corrected chi connectivity index (χ3v) is 5.06. The van der Waals surface area contributed by atoms with E-state index >= 15 is 0 Å². The van der Waals surface area contributed by atoms with Crippen molar-refractivity contribution < 1.29 is 13.5 Å². The maximum atomic E-state index is 12.2. The summed E-state index contributed by atoms with van der Waals surface area (Å²) in [5.41, 5.74) is -0.629. The van der Waals surface area contributed by atoms with E-state index in [0.717, 1.165) is 0 Å². The van der Waals surface area contributed by atoms with Crippen molar-refractivity contribution in [2.45, 2.75) is 37.1 Å². The van der Waals surface area contributed by atoms with Gasteiger partial charge in [-0.15, -0.1) is 0 Å². The Labute approximate surface area is 117 Å². The Morgan fingerprint density at radius 1 is 1.44 bits per heavy atom. The van der Waals surface area contributed by atoms with Gasteiger partial charge in [0.05, 0.1) is 4.90 Å². The van der Waals surface area contributed by atoms with Gasteiger partial charge in [-0.25, -0.2) is 13.1 Å². The molecule has 1 unspecified atom stereocenters. The predicted octanol–water partition coefficient (Wildman–Crippen LogP) is 2.28. The van der Waals surface area contributed by atoms with Gasteiger partial charge in [-0.05, 0) is 38.0 Å². The molecule has 1 aromatic carbocycles. The molecule has 0 spiro atoms. The topological polar surface area (TPSA) is 66.4 Å². The van der Waals surface area contributed by atoms with E-state index in [4.69, 9.17) is 5.11 Å². The molecule has 102 valence electrons. The molecule has 0 fully saturated rings. The standard InChI is InChI=1S/C12H18BrNO3S/c1-3-12(2,7-8-15)14-18(16,17)11-6-4-5-10(13)9-11/h4-6,9,14-15H,3,7-8H2,1-2H3. The molecule has 0 saturated heterocycles. The van der Waals surface area contributed by atoms with E-state index in [-0.39, 0.29) is 11.5 Å². The number of benzene rings is 1. The summed E-state index contributed by atoms with van der Waals surface area (Å²) in [4.78, 5) is 0.217. The van der Waals surface area contributed by atoms with Crippen LogP contribution in [0.4, 0.5) is 0 Å². The highest BCUT2D eigenvalue weighted by atomic mass is 79.9. The molecule has 6 heteroatoms. The summed E-state index contributed by atoms with van der Waals surface area (Å²) in [6.07, 6.45) is 0.998. The fraction of sp³-hybridized carbons (Fsp3) is 0.500. The fourth-order valence-electron chi connectivity index (χ4n) is 1.56. The van der Waals surface area contributed by atoms with Crippen molar-refractivity contribution in [3.63, 3.8) is 0 Å². The molecule has 1 atom stereocenters. The zero-order valence-electron chi connectivity index (χ0n) is 10.5. The minimum Gasteiger partial charge on any atom is -0.396 e. The van der Waals surface area contributed by atoms with Crippen LogP contribution in [0.3, 0.4) is 0 Å². The van der Waals surface area contributed by atoms with Crippen LogP contribution in [-0.4, -0.2) is 25.7 Å². The van der Waals surface area contributed by atoms with Crippen molar-refractivity contribution in [2.75, 3.05) is 6.61 Å². The monoisotopic (exact) mass is 335 g/mol. The first-order chi connectivity index (χ1) is 8.33. The number of halogens is 1. The van der Waals surface area contributed by atoms with E-state index in [1.165, 1.54) is 0 Å². The molecule has 0 aromatic heterocycles. The van der Waals surface area contributed by atoms with Crippen LogP contribution in [0.2, 0.25) is 0 Å². The second-order valence-corrected chi connectivity index (χ2v) is 7.05. The number of rotatable bonds is 6. The lowest BCUT2D eigenvalue weighted by atomic mass is 9.97. The maximum Gasteiger partial charge on any atom is 0.241 e. The number of aliphatic hydroxyl groups excluding tert-OH is 1. The van der Waals surface area contributed by atoms with Crippen LogP contribution in [0.25, 0.3) is 0 Å². The Balaban J connectivity index is 3.01.